The predicted molar refractivity (Wildman–Crippen MR) is 115 cm³/mol. The average Bonchev–Trinajstić information content (AvgIpc) is 3.15. The van der Waals surface area contributed by atoms with E-state index in [9.17, 15) is 4.79 Å². The third-order valence-corrected chi connectivity index (χ3v) is 6.00. The summed E-state index contributed by atoms with van der Waals surface area (Å²) < 4.78 is 19.4. The molecule has 3 rings (SSSR count). The summed E-state index contributed by atoms with van der Waals surface area (Å²) in [5, 5.41) is 5.67. The van der Waals surface area contributed by atoms with Crippen molar-refractivity contribution in [1.29, 1.82) is 0 Å². The van der Waals surface area contributed by atoms with Crippen LogP contribution in [0, 0.1) is 0 Å². The zero-order chi connectivity index (χ0) is 21.1. The van der Waals surface area contributed by atoms with Crippen molar-refractivity contribution in [2.75, 3.05) is 6.61 Å². The Morgan fingerprint density at radius 1 is 1.10 bits per heavy atom. The second-order valence-corrected chi connectivity index (χ2v) is 8.74. The van der Waals surface area contributed by atoms with E-state index in [0.29, 0.717) is 13.0 Å². The molecule has 2 aromatic rings. The Kier molecular flexibility index (Phi) is 6.69. The first-order valence-corrected chi connectivity index (χ1v) is 10.7. The highest BCUT2D eigenvalue weighted by molar-refractivity contribution is 6.62. The van der Waals surface area contributed by atoms with Crippen LogP contribution in [0.2, 0.25) is 0 Å². The Hall–Kier alpha value is -1.86. The van der Waals surface area contributed by atoms with Gasteiger partial charge in [-0.05, 0) is 59.0 Å². The van der Waals surface area contributed by atoms with Gasteiger partial charge in [-0.3, -0.25) is 9.48 Å². The molecule has 0 aliphatic carbocycles. The largest absolute Gasteiger partial charge is 0.494 e. The topological polar surface area (TPSA) is 62.6 Å². The van der Waals surface area contributed by atoms with E-state index in [1.807, 2.05) is 13.1 Å². The molecule has 29 heavy (non-hydrogen) atoms. The molecule has 0 spiro atoms. The quantitative estimate of drug-likeness (QED) is 0.364. The van der Waals surface area contributed by atoms with Crippen LogP contribution < -0.4 is 5.46 Å². The van der Waals surface area contributed by atoms with Crippen molar-refractivity contribution >= 4 is 29.5 Å². The summed E-state index contributed by atoms with van der Waals surface area (Å²) in [6.45, 7) is 11.4. The molecule has 158 valence electrons. The number of carbonyl (C=O) groups is 1. The number of unbranched alkanes of at least 4 members (excludes halogenated alkanes) is 3. The molecule has 0 bridgehead atoms. The maximum Gasteiger partial charge on any atom is 0.494 e. The van der Waals surface area contributed by atoms with Crippen LogP contribution in [-0.2, 0) is 25.4 Å². The van der Waals surface area contributed by atoms with Gasteiger partial charge in [-0.2, -0.15) is 5.10 Å². The first-order valence-electron chi connectivity index (χ1n) is 10.7. The van der Waals surface area contributed by atoms with Crippen LogP contribution in [-0.4, -0.2) is 40.7 Å². The lowest BCUT2D eigenvalue weighted by Crippen LogP contribution is -2.41. The molecule has 1 aromatic heterocycles. The highest BCUT2D eigenvalue weighted by atomic mass is 16.7. The summed E-state index contributed by atoms with van der Waals surface area (Å²) in [5.74, 6) is -0.0965. The summed E-state index contributed by atoms with van der Waals surface area (Å²) in [7, 11) is -0.365. The van der Waals surface area contributed by atoms with Gasteiger partial charge in [-0.15, -0.1) is 0 Å². The Bertz CT molecular complexity index is 830. The Morgan fingerprint density at radius 2 is 1.79 bits per heavy atom. The van der Waals surface area contributed by atoms with Crippen molar-refractivity contribution < 1.29 is 18.8 Å². The molecule has 1 aliphatic rings. The van der Waals surface area contributed by atoms with Gasteiger partial charge in [0.15, 0.2) is 0 Å². The fraction of sp³-hybridized carbons (Fsp3) is 0.636. The van der Waals surface area contributed by atoms with Crippen molar-refractivity contribution in [2.24, 2.45) is 0 Å². The minimum absolute atomic E-state index is 0.0965. The number of aromatic nitrogens is 2. The van der Waals surface area contributed by atoms with Gasteiger partial charge >= 0.3 is 13.1 Å². The van der Waals surface area contributed by atoms with E-state index in [1.165, 1.54) is 0 Å². The third kappa shape index (κ3) is 5.01. The molecular formula is C22H33BN2O4. The van der Waals surface area contributed by atoms with E-state index in [4.69, 9.17) is 14.0 Å². The fourth-order valence-electron chi connectivity index (χ4n) is 3.51. The van der Waals surface area contributed by atoms with Gasteiger partial charge in [0, 0.05) is 18.4 Å². The SMILES string of the molecule is CCOC(=O)CCCCCCn1ncc2ccc(B3OC(C)(C)C(C)(C)O3)cc21. The number of aryl methyl sites for hydroxylation is 1. The maximum atomic E-state index is 11.4. The van der Waals surface area contributed by atoms with Crippen molar-refractivity contribution in [3.05, 3.63) is 24.4 Å². The van der Waals surface area contributed by atoms with Gasteiger partial charge in [-0.1, -0.05) is 25.0 Å². The monoisotopic (exact) mass is 400 g/mol. The normalized spacial score (nSPS) is 17.8. The van der Waals surface area contributed by atoms with Crippen LogP contribution in [0.4, 0.5) is 0 Å². The van der Waals surface area contributed by atoms with E-state index < -0.39 is 0 Å². The molecule has 1 saturated heterocycles. The summed E-state index contributed by atoms with van der Waals surface area (Å²) >= 11 is 0. The minimum Gasteiger partial charge on any atom is -0.466 e. The molecule has 0 amide bonds. The molecule has 0 unspecified atom stereocenters. The van der Waals surface area contributed by atoms with Crippen molar-refractivity contribution in [1.82, 2.24) is 9.78 Å². The number of nitrogens with zero attached hydrogens (tertiary/aromatic N) is 2. The summed E-state index contributed by atoms with van der Waals surface area (Å²) in [6, 6.07) is 6.27. The number of esters is 1. The smallest absolute Gasteiger partial charge is 0.466 e. The molecular weight excluding hydrogens is 367 g/mol. The van der Waals surface area contributed by atoms with Crippen LogP contribution in [0.5, 0.6) is 0 Å². The lowest BCUT2D eigenvalue weighted by atomic mass is 9.79. The van der Waals surface area contributed by atoms with Gasteiger partial charge in [-0.25, -0.2) is 0 Å². The Morgan fingerprint density at radius 3 is 2.48 bits per heavy atom. The van der Waals surface area contributed by atoms with Gasteiger partial charge in [0.2, 0.25) is 0 Å². The first kappa shape index (κ1) is 21.8. The molecule has 7 heteroatoms. The molecule has 2 heterocycles. The van der Waals surface area contributed by atoms with E-state index in [1.54, 1.807) is 0 Å². The van der Waals surface area contributed by atoms with Gasteiger partial charge in [0.25, 0.3) is 0 Å². The van der Waals surface area contributed by atoms with Crippen molar-refractivity contribution in [3.8, 4) is 0 Å². The highest BCUT2D eigenvalue weighted by Crippen LogP contribution is 2.36. The second-order valence-electron chi connectivity index (χ2n) is 8.74. The standard InChI is InChI=1S/C22H33BN2O4/c1-6-27-20(26)11-9-7-8-10-14-25-19-15-18(13-12-17(19)16-24-25)23-28-21(2,3)22(4,5)29-23/h12-13,15-16H,6-11,14H2,1-5H3. The number of hydrogen-bond acceptors (Lipinski definition) is 5. The second kappa shape index (κ2) is 8.88. The van der Waals surface area contributed by atoms with Crippen LogP contribution in [0.15, 0.2) is 24.4 Å². The number of benzene rings is 1. The van der Waals surface area contributed by atoms with Crippen LogP contribution in [0.3, 0.4) is 0 Å². The van der Waals surface area contributed by atoms with Gasteiger partial charge < -0.3 is 14.0 Å². The van der Waals surface area contributed by atoms with E-state index in [2.05, 4.69) is 55.7 Å². The van der Waals surface area contributed by atoms with Crippen LogP contribution in [0.25, 0.3) is 10.9 Å². The van der Waals surface area contributed by atoms with Gasteiger partial charge in [0.05, 0.1) is 29.5 Å². The Labute approximate surface area is 174 Å². The van der Waals surface area contributed by atoms with Gasteiger partial charge in [0.1, 0.15) is 0 Å². The van der Waals surface area contributed by atoms with E-state index >= 15 is 0 Å². The zero-order valence-corrected chi connectivity index (χ0v) is 18.4. The molecule has 0 saturated carbocycles. The van der Waals surface area contributed by atoms with E-state index in [-0.39, 0.29) is 24.3 Å². The number of ether oxygens (including phenoxy) is 1. The maximum absolute atomic E-state index is 11.4. The number of hydrogen-bond donors (Lipinski definition) is 0. The lowest BCUT2D eigenvalue weighted by Gasteiger charge is -2.32. The van der Waals surface area contributed by atoms with E-state index in [0.717, 1.165) is 48.6 Å². The molecule has 1 aromatic carbocycles. The minimum atomic E-state index is -0.365. The molecule has 1 aliphatic heterocycles. The third-order valence-electron chi connectivity index (χ3n) is 6.00. The molecule has 6 nitrogen and oxygen atoms in total. The number of fused-ring (bicyclic) bond motifs is 1. The van der Waals surface area contributed by atoms with Crippen molar-refractivity contribution in [2.45, 2.75) is 84.5 Å². The van der Waals surface area contributed by atoms with Crippen molar-refractivity contribution in [3.63, 3.8) is 0 Å². The Balaban J connectivity index is 1.57. The summed E-state index contributed by atoms with van der Waals surface area (Å²) in [5.41, 5.74) is 1.42. The first-order chi connectivity index (χ1) is 13.7. The summed E-state index contributed by atoms with van der Waals surface area (Å²) in [6.07, 6.45) is 6.42. The molecule has 0 N–H and O–H groups in total. The lowest BCUT2D eigenvalue weighted by molar-refractivity contribution is -0.143. The number of rotatable bonds is 9. The average molecular weight is 400 g/mol. The van der Waals surface area contributed by atoms with Crippen LogP contribution >= 0.6 is 0 Å². The molecule has 0 radical (unpaired) electrons. The van der Waals surface area contributed by atoms with Crippen LogP contribution in [0.1, 0.15) is 66.7 Å². The molecule has 0 atom stereocenters. The highest BCUT2D eigenvalue weighted by Gasteiger charge is 2.51. The fourth-order valence-corrected chi connectivity index (χ4v) is 3.51. The predicted octanol–water partition coefficient (Wildman–Crippen LogP) is 3.85. The summed E-state index contributed by atoms with van der Waals surface area (Å²) in [4.78, 5) is 11.4. The number of carbonyl (C=O) groups excluding carboxylic acids is 1. The zero-order valence-electron chi connectivity index (χ0n) is 18.4. The molecule has 1 fully saturated rings.